The molecule has 0 fully saturated rings. The molecule has 1 heterocycles. The summed E-state index contributed by atoms with van der Waals surface area (Å²) in [6.45, 7) is 3.89. The smallest absolute Gasteiger partial charge is 0.244 e. The Morgan fingerprint density at radius 2 is 1.82 bits per heavy atom. The van der Waals surface area contributed by atoms with Crippen LogP contribution in [0, 0.1) is 6.92 Å². The molecule has 0 aliphatic carbocycles. The lowest BCUT2D eigenvalue weighted by Crippen LogP contribution is -2.30. The molecule has 1 amide bonds. The SMILES string of the molecule is COc1ccc(C(C)NC(=O)Cn2nnc(-c3ccc(C)cc3)n2)cc1OC. The second-order valence-electron chi connectivity index (χ2n) is 6.41. The molecule has 0 radical (unpaired) electrons. The third-order valence-corrected chi connectivity index (χ3v) is 4.33. The molecule has 0 aliphatic heterocycles. The van der Waals surface area contributed by atoms with Crippen LogP contribution in [0.4, 0.5) is 0 Å². The van der Waals surface area contributed by atoms with Crippen LogP contribution in [0.2, 0.25) is 0 Å². The Labute approximate surface area is 163 Å². The Balaban J connectivity index is 1.63. The van der Waals surface area contributed by atoms with E-state index in [2.05, 4.69) is 20.7 Å². The molecule has 0 saturated heterocycles. The van der Waals surface area contributed by atoms with Crippen molar-refractivity contribution < 1.29 is 14.3 Å². The minimum Gasteiger partial charge on any atom is -0.493 e. The van der Waals surface area contributed by atoms with Crippen LogP contribution in [0.3, 0.4) is 0 Å². The van der Waals surface area contributed by atoms with Gasteiger partial charge in [0.15, 0.2) is 11.5 Å². The lowest BCUT2D eigenvalue weighted by Gasteiger charge is -2.16. The number of carbonyl (C=O) groups is 1. The monoisotopic (exact) mass is 381 g/mol. The summed E-state index contributed by atoms with van der Waals surface area (Å²) in [5.74, 6) is 1.53. The summed E-state index contributed by atoms with van der Waals surface area (Å²) in [7, 11) is 3.16. The van der Waals surface area contributed by atoms with Crippen LogP contribution in [0.5, 0.6) is 11.5 Å². The molecule has 1 unspecified atom stereocenters. The fourth-order valence-electron chi connectivity index (χ4n) is 2.75. The van der Waals surface area contributed by atoms with Crippen molar-refractivity contribution in [2.45, 2.75) is 26.4 Å². The van der Waals surface area contributed by atoms with Crippen molar-refractivity contribution in [2.75, 3.05) is 14.2 Å². The van der Waals surface area contributed by atoms with Gasteiger partial charge in [0.2, 0.25) is 11.7 Å². The van der Waals surface area contributed by atoms with Gasteiger partial charge < -0.3 is 14.8 Å². The maximum absolute atomic E-state index is 12.4. The number of amides is 1. The van der Waals surface area contributed by atoms with Gasteiger partial charge in [0.25, 0.3) is 0 Å². The van der Waals surface area contributed by atoms with E-state index in [0.29, 0.717) is 17.3 Å². The number of hydrogen-bond donors (Lipinski definition) is 1. The molecule has 1 N–H and O–H groups in total. The van der Waals surface area contributed by atoms with E-state index < -0.39 is 0 Å². The zero-order chi connectivity index (χ0) is 20.1. The van der Waals surface area contributed by atoms with Crippen molar-refractivity contribution >= 4 is 5.91 Å². The molecule has 1 atom stereocenters. The number of tetrazole rings is 1. The third kappa shape index (κ3) is 4.46. The number of aryl methyl sites for hydroxylation is 1. The molecular formula is C20H23N5O3. The second-order valence-corrected chi connectivity index (χ2v) is 6.41. The maximum Gasteiger partial charge on any atom is 0.244 e. The number of aromatic nitrogens is 4. The lowest BCUT2D eigenvalue weighted by molar-refractivity contribution is -0.122. The van der Waals surface area contributed by atoms with E-state index in [4.69, 9.17) is 9.47 Å². The van der Waals surface area contributed by atoms with E-state index in [1.54, 1.807) is 14.2 Å². The minimum atomic E-state index is -0.215. The van der Waals surface area contributed by atoms with Crippen LogP contribution >= 0.6 is 0 Å². The van der Waals surface area contributed by atoms with Gasteiger partial charge in [-0.25, -0.2) is 0 Å². The van der Waals surface area contributed by atoms with E-state index >= 15 is 0 Å². The Morgan fingerprint density at radius 3 is 2.50 bits per heavy atom. The fraction of sp³-hybridized carbons (Fsp3) is 0.300. The first kappa shape index (κ1) is 19.3. The maximum atomic E-state index is 12.4. The van der Waals surface area contributed by atoms with Crippen molar-refractivity contribution in [1.29, 1.82) is 0 Å². The van der Waals surface area contributed by atoms with Crippen molar-refractivity contribution in [3.63, 3.8) is 0 Å². The minimum absolute atomic E-state index is 0.0174. The highest BCUT2D eigenvalue weighted by Crippen LogP contribution is 2.29. The average Bonchev–Trinajstić information content (AvgIpc) is 3.16. The van der Waals surface area contributed by atoms with E-state index in [-0.39, 0.29) is 18.5 Å². The number of methoxy groups -OCH3 is 2. The molecule has 0 saturated carbocycles. The standard InChI is InChI=1S/C20H23N5O3/c1-13-5-7-15(8-6-13)20-22-24-25(23-20)12-19(26)21-14(2)16-9-10-17(27-3)18(11-16)28-4/h5-11,14H,12H2,1-4H3,(H,21,26). The first-order valence-electron chi connectivity index (χ1n) is 8.86. The zero-order valence-electron chi connectivity index (χ0n) is 16.3. The largest absolute Gasteiger partial charge is 0.493 e. The number of nitrogens with zero attached hydrogens (tertiary/aromatic N) is 4. The molecule has 1 aromatic heterocycles. The molecule has 0 aliphatic rings. The molecule has 3 rings (SSSR count). The van der Waals surface area contributed by atoms with Crippen molar-refractivity contribution in [3.8, 4) is 22.9 Å². The van der Waals surface area contributed by atoms with Gasteiger partial charge in [-0.1, -0.05) is 35.9 Å². The number of benzene rings is 2. The first-order valence-corrected chi connectivity index (χ1v) is 8.86. The van der Waals surface area contributed by atoms with Crippen LogP contribution in [0.1, 0.15) is 24.1 Å². The topological polar surface area (TPSA) is 91.2 Å². The number of ether oxygens (including phenoxy) is 2. The van der Waals surface area contributed by atoms with Gasteiger partial charge in [-0.2, -0.15) is 4.80 Å². The van der Waals surface area contributed by atoms with Gasteiger partial charge >= 0.3 is 0 Å². The van der Waals surface area contributed by atoms with Gasteiger partial charge in [0, 0.05) is 5.56 Å². The Morgan fingerprint density at radius 1 is 1.11 bits per heavy atom. The van der Waals surface area contributed by atoms with Crippen LogP contribution in [0.15, 0.2) is 42.5 Å². The molecule has 146 valence electrons. The Kier molecular flexibility index (Phi) is 5.88. The summed E-state index contributed by atoms with van der Waals surface area (Å²) < 4.78 is 10.5. The van der Waals surface area contributed by atoms with Gasteiger partial charge in [0.1, 0.15) is 6.54 Å². The van der Waals surface area contributed by atoms with E-state index in [1.165, 1.54) is 4.80 Å². The first-order chi connectivity index (χ1) is 13.5. The van der Waals surface area contributed by atoms with Gasteiger partial charge in [0.05, 0.1) is 20.3 Å². The summed E-state index contributed by atoms with van der Waals surface area (Å²) in [6.07, 6.45) is 0. The number of hydrogen-bond acceptors (Lipinski definition) is 6. The van der Waals surface area contributed by atoms with Gasteiger partial charge in [-0.3, -0.25) is 4.79 Å². The van der Waals surface area contributed by atoms with Crippen LogP contribution in [-0.4, -0.2) is 40.3 Å². The average molecular weight is 381 g/mol. The predicted octanol–water partition coefficient (Wildman–Crippen LogP) is 2.54. The van der Waals surface area contributed by atoms with Crippen molar-refractivity contribution in [3.05, 3.63) is 53.6 Å². The van der Waals surface area contributed by atoms with Crippen LogP contribution in [-0.2, 0) is 11.3 Å². The summed E-state index contributed by atoms with van der Waals surface area (Å²) >= 11 is 0. The van der Waals surface area contributed by atoms with Gasteiger partial charge in [-0.05, 0) is 36.8 Å². The van der Waals surface area contributed by atoms with Crippen LogP contribution in [0.25, 0.3) is 11.4 Å². The number of carbonyl (C=O) groups excluding carboxylic acids is 1. The zero-order valence-corrected chi connectivity index (χ0v) is 16.3. The van der Waals surface area contributed by atoms with Crippen molar-refractivity contribution in [1.82, 2.24) is 25.5 Å². The lowest BCUT2D eigenvalue weighted by atomic mass is 10.1. The second kappa shape index (κ2) is 8.51. The summed E-state index contributed by atoms with van der Waals surface area (Å²) in [5.41, 5.74) is 2.91. The highest BCUT2D eigenvalue weighted by molar-refractivity contribution is 5.76. The molecule has 8 nitrogen and oxygen atoms in total. The molecule has 2 aromatic carbocycles. The molecule has 0 spiro atoms. The number of nitrogens with one attached hydrogen (secondary N) is 1. The molecular weight excluding hydrogens is 358 g/mol. The Bertz CT molecular complexity index is 953. The quantitative estimate of drug-likeness (QED) is 0.676. The normalized spacial score (nSPS) is 11.7. The highest BCUT2D eigenvalue weighted by atomic mass is 16.5. The number of rotatable bonds is 7. The van der Waals surface area contributed by atoms with E-state index in [1.807, 2.05) is 56.3 Å². The van der Waals surface area contributed by atoms with E-state index in [0.717, 1.165) is 16.7 Å². The fourth-order valence-corrected chi connectivity index (χ4v) is 2.75. The van der Waals surface area contributed by atoms with Crippen molar-refractivity contribution in [2.24, 2.45) is 0 Å². The molecule has 8 heteroatoms. The van der Waals surface area contributed by atoms with E-state index in [9.17, 15) is 4.79 Å². The summed E-state index contributed by atoms with van der Waals surface area (Å²) in [5, 5.41) is 15.2. The third-order valence-electron chi connectivity index (χ3n) is 4.33. The highest BCUT2D eigenvalue weighted by Gasteiger charge is 2.14. The molecule has 0 bridgehead atoms. The van der Waals surface area contributed by atoms with Gasteiger partial charge in [-0.15, -0.1) is 10.2 Å². The Hall–Kier alpha value is -3.42. The molecule has 28 heavy (non-hydrogen) atoms. The van der Waals surface area contributed by atoms with Crippen LogP contribution < -0.4 is 14.8 Å². The summed E-state index contributed by atoms with van der Waals surface area (Å²) in [4.78, 5) is 13.7. The predicted molar refractivity (Wildman–Crippen MR) is 104 cm³/mol. The summed E-state index contributed by atoms with van der Waals surface area (Å²) in [6, 6.07) is 13.1. The molecule has 3 aromatic rings.